The Morgan fingerprint density at radius 2 is 1.81 bits per heavy atom. The number of hydrogen-bond acceptors (Lipinski definition) is 4. The number of fused-ring (bicyclic) bond motifs is 1. The van der Waals surface area contributed by atoms with Crippen LogP contribution in [0.1, 0.15) is 21.5 Å². The zero-order chi connectivity index (χ0) is 22.2. The summed E-state index contributed by atoms with van der Waals surface area (Å²) in [7, 11) is 0. The van der Waals surface area contributed by atoms with Crippen molar-refractivity contribution in [2.24, 2.45) is 0 Å². The van der Waals surface area contributed by atoms with Crippen molar-refractivity contribution in [3.63, 3.8) is 0 Å². The maximum absolute atomic E-state index is 12.9. The highest BCUT2D eigenvalue weighted by Crippen LogP contribution is 2.32. The standard InChI is InChI=1S/C23H17F3N4O/c1-13-18(14-8-9-20-16(10-14)12-28-22(27)30-20)6-3-7-19(13)29-21(31)15-4-2-5-17(11-15)23(24,25)26/h2-12H,1H3,(H,29,31)(H2,27,28,30). The average Bonchev–Trinajstić information content (AvgIpc) is 2.74. The van der Waals surface area contributed by atoms with Gasteiger partial charge in [0.25, 0.3) is 5.91 Å². The molecule has 4 aromatic rings. The van der Waals surface area contributed by atoms with Gasteiger partial charge in [-0.1, -0.05) is 24.3 Å². The van der Waals surface area contributed by atoms with E-state index >= 15 is 0 Å². The number of carbonyl (C=O) groups is 1. The van der Waals surface area contributed by atoms with Gasteiger partial charge in [0.05, 0.1) is 11.1 Å². The summed E-state index contributed by atoms with van der Waals surface area (Å²) in [5.74, 6) is -0.426. The van der Waals surface area contributed by atoms with Gasteiger partial charge >= 0.3 is 6.18 Å². The Balaban J connectivity index is 1.65. The number of halogens is 3. The van der Waals surface area contributed by atoms with Gasteiger partial charge in [0.2, 0.25) is 5.95 Å². The van der Waals surface area contributed by atoms with E-state index in [4.69, 9.17) is 5.73 Å². The zero-order valence-corrected chi connectivity index (χ0v) is 16.4. The predicted molar refractivity (Wildman–Crippen MR) is 114 cm³/mol. The Hall–Kier alpha value is -3.94. The highest BCUT2D eigenvalue weighted by atomic mass is 19.4. The summed E-state index contributed by atoms with van der Waals surface area (Å²) in [6.45, 7) is 1.83. The van der Waals surface area contributed by atoms with Crippen LogP contribution in [0.15, 0.2) is 66.9 Å². The van der Waals surface area contributed by atoms with Crippen molar-refractivity contribution in [2.75, 3.05) is 11.1 Å². The van der Waals surface area contributed by atoms with Gasteiger partial charge in [-0.05, 0) is 60.0 Å². The number of alkyl halides is 3. The van der Waals surface area contributed by atoms with E-state index in [0.29, 0.717) is 11.2 Å². The van der Waals surface area contributed by atoms with Gasteiger partial charge < -0.3 is 11.1 Å². The first kappa shape index (κ1) is 20.3. The number of nitrogens with two attached hydrogens (primary N) is 1. The van der Waals surface area contributed by atoms with Crippen LogP contribution in [-0.4, -0.2) is 15.9 Å². The molecule has 1 heterocycles. The van der Waals surface area contributed by atoms with E-state index in [0.717, 1.165) is 34.2 Å². The van der Waals surface area contributed by atoms with Gasteiger partial charge in [-0.15, -0.1) is 0 Å². The van der Waals surface area contributed by atoms with Gasteiger partial charge in [0.15, 0.2) is 0 Å². The number of nitrogen functional groups attached to an aromatic ring is 1. The molecule has 0 saturated heterocycles. The molecule has 0 aliphatic rings. The van der Waals surface area contributed by atoms with Crippen LogP contribution in [0.3, 0.4) is 0 Å². The molecule has 3 aromatic carbocycles. The Morgan fingerprint density at radius 1 is 1.03 bits per heavy atom. The van der Waals surface area contributed by atoms with Gasteiger partial charge in [-0.2, -0.15) is 13.2 Å². The first-order valence-electron chi connectivity index (χ1n) is 9.33. The van der Waals surface area contributed by atoms with Crippen molar-refractivity contribution < 1.29 is 18.0 Å². The lowest BCUT2D eigenvalue weighted by Crippen LogP contribution is -2.14. The quantitative estimate of drug-likeness (QED) is 0.460. The molecule has 0 radical (unpaired) electrons. The summed E-state index contributed by atoms with van der Waals surface area (Å²) in [5, 5.41) is 3.52. The number of amides is 1. The smallest absolute Gasteiger partial charge is 0.368 e. The second-order valence-corrected chi connectivity index (χ2v) is 7.01. The van der Waals surface area contributed by atoms with Crippen LogP contribution in [0.4, 0.5) is 24.8 Å². The van der Waals surface area contributed by atoms with Gasteiger partial charge in [0.1, 0.15) is 0 Å². The van der Waals surface area contributed by atoms with Gasteiger partial charge in [-0.3, -0.25) is 4.79 Å². The number of rotatable bonds is 3. The predicted octanol–water partition coefficient (Wildman–Crippen LogP) is 5.46. The van der Waals surface area contributed by atoms with Crippen molar-refractivity contribution in [1.82, 2.24) is 9.97 Å². The summed E-state index contributed by atoms with van der Waals surface area (Å²) in [6, 6.07) is 15.3. The molecule has 0 spiro atoms. The third-order valence-electron chi connectivity index (χ3n) is 4.94. The molecule has 3 N–H and O–H groups in total. The van der Waals surface area contributed by atoms with E-state index in [2.05, 4.69) is 15.3 Å². The molecule has 0 saturated carbocycles. The Labute approximate surface area is 175 Å². The summed E-state index contributed by atoms with van der Waals surface area (Å²) in [4.78, 5) is 20.8. The third kappa shape index (κ3) is 4.18. The molecule has 0 fully saturated rings. The van der Waals surface area contributed by atoms with Crippen molar-refractivity contribution in [3.8, 4) is 11.1 Å². The minimum Gasteiger partial charge on any atom is -0.368 e. The van der Waals surface area contributed by atoms with E-state index < -0.39 is 17.6 Å². The van der Waals surface area contributed by atoms with Crippen molar-refractivity contribution in [2.45, 2.75) is 13.1 Å². The van der Waals surface area contributed by atoms with Crippen molar-refractivity contribution in [3.05, 3.63) is 83.6 Å². The van der Waals surface area contributed by atoms with E-state index in [1.165, 1.54) is 12.1 Å². The fraction of sp³-hybridized carbons (Fsp3) is 0.0870. The molecule has 8 heteroatoms. The number of carbonyl (C=O) groups excluding carboxylic acids is 1. The average molecular weight is 422 g/mol. The normalized spacial score (nSPS) is 11.5. The summed E-state index contributed by atoms with van der Waals surface area (Å²) in [5.41, 5.74) is 8.42. The first-order valence-corrected chi connectivity index (χ1v) is 9.33. The highest BCUT2D eigenvalue weighted by Gasteiger charge is 2.30. The largest absolute Gasteiger partial charge is 0.416 e. The summed E-state index contributed by atoms with van der Waals surface area (Å²) in [6.07, 6.45) is -2.88. The molecular formula is C23H17F3N4O. The lowest BCUT2D eigenvalue weighted by Gasteiger charge is -2.14. The van der Waals surface area contributed by atoms with Crippen LogP contribution < -0.4 is 11.1 Å². The second-order valence-electron chi connectivity index (χ2n) is 7.01. The number of benzene rings is 3. The van der Waals surface area contributed by atoms with Crippen molar-refractivity contribution in [1.29, 1.82) is 0 Å². The van der Waals surface area contributed by atoms with Crippen LogP contribution in [-0.2, 0) is 6.18 Å². The minimum atomic E-state index is -4.52. The van der Waals surface area contributed by atoms with Crippen LogP contribution in [0.25, 0.3) is 22.0 Å². The Kier molecular flexibility index (Phi) is 5.06. The summed E-state index contributed by atoms with van der Waals surface area (Å²) < 4.78 is 38.8. The summed E-state index contributed by atoms with van der Waals surface area (Å²) >= 11 is 0. The number of nitrogens with one attached hydrogen (secondary N) is 1. The lowest BCUT2D eigenvalue weighted by atomic mass is 9.98. The monoisotopic (exact) mass is 422 g/mol. The Morgan fingerprint density at radius 3 is 2.58 bits per heavy atom. The lowest BCUT2D eigenvalue weighted by molar-refractivity contribution is -0.137. The molecule has 4 rings (SSSR count). The topological polar surface area (TPSA) is 80.9 Å². The van der Waals surface area contributed by atoms with Gasteiger partial charge in [0, 0.05) is 22.8 Å². The van der Waals surface area contributed by atoms with Gasteiger partial charge in [-0.25, -0.2) is 9.97 Å². The molecule has 0 aliphatic heterocycles. The van der Waals surface area contributed by atoms with Crippen LogP contribution in [0.5, 0.6) is 0 Å². The number of nitrogens with zero attached hydrogens (tertiary/aromatic N) is 2. The van der Waals surface area contributed by atoms with E-state index in [1.54, 1.807) is 18.3 Å². The van der Waals surface area contributed by atoms with Crippen molar-refractivity contribution >= 4 is 28.4 Å². The Bertz CT molecular complexity index is 1300. The first-order chi connectivity index (χ1) is 14.7. The number of aromatic nitrogens is 2. The van der Waals surface area contributed by atoms with Crippen LogP contribution >= 0.6 is 0 Å². The zero-order valence-electron chi connectivity index (χ0n) is 16.4. The fourth-order valence-electron chi connectivity index (χ4n) is 3.33. The van der Waals surface area contributed by atoms with Crippen LogP contribution in [0.2, 0.25) is 0 Å². The van der Waals surface area contributed by atoms with E-state index in [9.17, 15) is 18.0 Å². The number of anilines is 2. The maximum Gasteiger partial charge on any atom is 0.416 e. The minimum absolute atomic E-state index is 0.0694. The molecule has 0 unspecified atom stereocenters. The van der Waals surface area contributed by atoms with Crippen LogP contribution in [0, 0.1) is 6.92 Å². The molecule has 156 valence electrons. The maximum atomic E-state index is 12.9. The molecule has 31 heavy (non-hydrogen) atoms. The van der Waals surface area contributed by atoms with E-state index in [1.807, 2.05) is 31.2 Å². The molecule has 0 bridgehead atoms. The molecular weight excluding hydrogens is 405 g/mol. The second kappa shape index (κ2) is 7.71. The number of hydrogen-bond donors (Lipinski definition) is 2. The SMILES string of the molecule is Cc1c(NC(=O)c2cccc(C(F)(F)F)c2)cccc1-c1ccc2nc(N)ncc2c1. The highest BCUT2D eigenvalue weighted by molar-refractivity contribution is 6.05. The third-order valence-corrected chi connectivity index (χ3v) is 4.94. The fourth-order valence-corrected chi connectivity index (χ4v) is 3.33. The van der Waals surface area contributed by atoms with E-state index in [-0.39, 0.29) is 11.5 Å². The molecule has 1 amide bonds. The molecule has 1 aromatic heterocycles. The molecule has 5 nitrogen and oxygen atoms in total. The molecule has 0 aliphatic carbocycles. The molecule has 0 atom stereocenters.